The van der Waals surface area contributed by atoms with Crippen molar-refractivity contribution in [3.05, 3.63) is 17.2 Å². The quantitative estimate of drug-likeness (QED) is 0.817. The minimum Gasteiger partial charge on any atom is -0.345 e. The van der Waals surface area contributed by atoms with Gasteiger partial charge >= 0.3 is 0 Å². The molecule has 98 valence electrons. The van der Waals surface area contributed by atoms with Gasteiger partial charge in [-0.3, -0.25) is 0 Å². The number of nitrogens with zero attached hydrogens (tertiary/aromatic N) is 1. The molecule has 2 heteroatoms. The van der Waals surface area contributed by atoms with Gasteiger partial charge < -0.3 is 4.98 Å². The van der Waals surface area contributed by atoms with E-state index in [2.05, 4.69) is 60.4 Å². The summed E-state index contributed by atoms with van der Waals surface area (Å²) < 4.78 is 0. The van der Waals surface area contributed by atoms with Crippen LogP contribution >= 0.6 is 0 Å². The highest BCUT2D eigenvalue weighted by molar-refractivity contribution is 5.26. The Morgan fingerprint density at radius 3 is 1.82 bits per heavy atom. The molecular formula is C15H28N2. The topological polar surface area (TPSA) is 28.7 Å². The van der Waals surface area contributed by atoms with Gasteiger partial charge in [-0.05, 0) is 11.8 Å². The largest absolute Gasteiger partial charge is 0.345 e. The Morgan fingerprint density at radius 1 is 1.00 bits per heavy atom. The van der Waals surface area contributed by atoms with Gasteiger partial charge in [0.2, 0.25) is 0 Å². The Bertz CT molecular complexity index is 367. The van der Waals surface area contributed by atoms with Crippen molar-refractivity contribution in [1.29, 1.82) is 0 Å². The molecule has 0 amide bonds. The van der Waals surface area contributed by atoms with Crippen LogP contribution in [0.2, 0.25) is 0 Å². The van der Waals surface area contributed by atoms with E-state index in [0.717, 1.165) is 5.82 Å². The second kappa shape index (κ2) is 4.83. The molecule has 2 nitrogen and oxygen atoms in total. The number of aromatic nitrogens is 2. The highest BCUT2D eigenvalue weighted by Crippen LogP contribution is 2.31. The van der Waals surface area contributed by atoms with Crippen LogP contribution in [0.5, 0.6) is 0 Å². The van der Waals surface area contributed by atoms with E-state index < -0.39 is 0 Å². The van der Waals surface area contributed by atoms with Gasteiger partial charge in [0, 0.05) is 17.0 Å². The summed E-state index contributed by atoms with van der Waals surface area (Å²) in [6.07, 6.45) is 0. The van der Waals surface area contributed by atoms with Crippen LogP contribution in [0.25, 0.3) is 0 Å². The number of rotatable bonds is 3. The summed E-state index contributed by atoms with van der Waals surface area (Å²) in [4.78, 5) is 8.41. The maximum atomic E-state index is 4.84. The van der Waals surface area contributed by atoms with Crippen LogP contribution in [-0.2, 0) is 5.41 Å². The van der Waals surface area contributed by atoms with E-state index in [9.17, 15) is 0 Å². The summed E-state index contributed by atoms with van der Waals surface area (Å²) in [6, 6.07) is 0. The molecule has 1 N–H and O–H groups in total. The predicted molar refractivity (Wildman–Crippen MR) is 74.6 cm³/mol. The van der Waals surface area contributed by atoms with Crippen molar-refractivity contribution >= 4 is 0 Å². The van der Waals surface area contributed by atoms with Gasteiger partial charge in [0.05, 0.1) is 5.69 Å². The number of nitrogens with one attached hydrogen (secondary N) is 1. The standard InChI is InChI=1S/C15H28N2/c1-9(2)11(5)14-16-12(10(3)4)13(17-14)15(6,7)8/h9-11H,1-8H3,(H,16,17). The van der Waals surface area contributed by atoms with Gasteiger partial charge in [0.15, 0.2) is 0 Å². The van der Waals surface area contributed by atoms with E-state index in [4.69, 9.17) is 4.98 Å². The minimum atomic E-state index is 0.140. The zero-order valence-electron chi connectivity index (χ0n) is 12.7. The summed E-state index contributed by atoms with van der Waals surface area (Å²) in [5, 5.41) is 0. The molecule has 0 aliphatic rings. The minimum absolute atomic E-state index is 0.140. The van der Waals surface area contributed by atoms with E-state index in [1.165, 1.54) is 11.4 Å². The molecule has 0 fully saturated rings. The summed E-state index contributed by atoms with van der Waals surface area (Å²) in [7, 11) is 0. The van der Waals surface area contributed by atoms with Crippen LogP contribution in [0.4, 0.5) is 0 Å². The van der Waals surface area contributed by atoms with Crippen LogP contribution in [0.3, 0.4) is 0 Å². The molecule has 1 unspecified atom stereocenters. The fraction of sp³-hybridized carbons (Fsp3) is 0.800. The molecule has 0 aliphatic heterocycles. The molecule has 0 aliphatic carbocycles. The molecule has 1 aromatic rings. The lowest BCUT2D eigenvalue weighted by Crippen LogP contribution is -2.15. The predicted octanol–water partition coefficient (Wildman–Crippen LogP) is 4.59. The lowest BCUT2D eigenvalue weighted by atomic mass is 9.88. The third kappa shape index (κ3) is 3.11. The van der Waals surface area contributed by atoms with Gasteiger partial charge in [-0.15, -0.1) is 0 Å². The highest BCUT2D eigenvalue weighted by Gasteiger charge is 2.25. The van der Waals surface area contributed by atoms with Gasteiger partial charge in [-0.1, -0.05) is 55.4 Å². The number of hydrogen-bond donors (Lipinski definition) is 1. The maximum Gasteiger partial charge on any atom is 0.109 e. The Morgan fingerprint density at radius 2 is 1.53 bits per heavy atom. The molecule has 0 radical (unpaired) electrons. The molecule has 0 saturated carbocycles. The lowest BCUT2D eigenvalue weighted by Gasteiger charge is -2.19. The fourth-order valence-electron chi connectivity index (χ4n) is 1.93. The van der Waals surface area contributed by atoms with Crippen LogP contribution in [0.15, 0.2) is 0 Å². The zero-order valence-corrected chi connectivity index (χ0v) is 12.7. The second-order valence-electron chi connectivity index (χ2n) is 6.82. The van der Waals surface area contributed by atoms with Crippen molar-refractivity contribution in [2.24, 2.45) is 5.92 Å². The lowest BCUT2D eigenvalue weighted by molar-refractivity contribution is 0.508. The van der Waals surface area contributed by atoms with Crippen LogP contribution < -0.4 is 0 Å². The normalized spacial score (nSPS) is 14.7. The molecule has 1 heterocycles. The van der Waals surface area contributed by atoms with Gasteiger partial charge in [-0.25, -0.2) is 4.98 Å². The van der Waals surface area contributed by atoms with Crippen molar-refractivity contribution in [3.63, 3.8) is 0 Å². The zero-order chi connectivity index (χ0) is 13.4. The number of imidazole rings is 1. The van der Waals surface area contributed by atoms with Crippen molar-refractivity contribution in [2.75, 3.05) is 0 Å². The first-order chi connectivity index (χ1) is 7.64. The molecule has 1 atom stereocenters. The number of H-pyrrole nitrogens is 1. The van der Waals surface area contributed by atoms with E-state index in [1.54, 1.807) is 0 Å². The first-order valence-corrected chi connectivity index (χ1v) is 6.74. The molecule has 0 spiro atoms. The monoisotopic (exact) mass is 236 g/mol. The van der Waals surface area contributed by atoms with Gasteiger partial charge in [0.1, 0.15) is 5.82 Å². The maximum absolute atomic E-state index is 4.84. The fourth-order valence-corrected chi connectivity index (χ4v) is 1.93. The van der Waals surface area contributed by atoms with Crippen molar-refractivity contribution in [2.45, 2.75) is 72.6 Å². The Kier molecular flexibility index (Phi) is 4.06. The van der Waals surface area contributed by atoms with Crippen LogP contribution in [-0.4, -0.2) is 9.97 Å². The van der Waals surface area contributed by atoms with Crippen LogP contribution in [0, 0.1) is 5.92 Å². The Hall–Kier alpha value is -0.790. The van der Waals surface area contributed by atoms with Crippen LogP contribution in [0.1, 0.15) is 84.4 Å². The first kappa shape index (κ1) is 14.3. The van der Waals surface area contributed by atoms with Crippen molar-refractivity contribution in [1.82, 2.24) is 9.97 Å². The van der Waals surface area contributed by atoms with E-state index in [-0.39, 0.29) is 5.41 Å². The molecule has 1 rings (SSSR count). The number of hydrogen-bond acceptors (Lipinski definition) is 1. The van der Waals surface area contributed by atoms with Gasteiger partial charge in [-0.2, -0.15) is 0 Å². The molecule has 0 saturated heterocycles. The SMILES string of the molecule is CC(C)c1nc(C(C)C(C)C)[nH]c1C(C)(C)C. The molecule has 1 aromatic heterocycles. The first-order valence-electron chi connectivity index (χ1n) is 6.74. The third-order valence-electron chi connectivity index (χ3n) is 3.48. The van der Waals surface area contributed by atoms with Crippen molar-refractivity contribution in [3.8, 4) is 0 Å². The average molecular weight is 236 g/mol. The summed E-state index contributed by atoms with van der Waals surface area (Å²) in [5.41, 5.74) is 2.68. The molecule has 0 bridgehead atoms. The third-order valence-corrected chi connectivity index (χ3v) is 3.48. The average Bonchev–Trinajstić information content (AvgIpc) is 2.59. The molecular weight excluding hydrogens is 208 g/mol. The molecule has 17 heavy (non-hydrogen) atoms. The molecule has 0 aromatic carbocycles. The van der Waals surface area contributed by atoms with Crippen molar-refractivity contribution < 1.29 is 0 Å². The smallest absolute Gasteiger partial charge is 0.109 e. The van der Waals surface area contributed by atoms with Gasteiger partial charge in [0.25, 0.3) is 0 Å². The van der Waals surface area contributed by atoms with E-state index in [1.807, 2.05) is 0 Å². The van der Waals surface area contributed by atoms with E-state index in [0.29, 0.717) is 17.8 Å². The summed E-state index contributed by atoms with van der Waals surface area (Å²) in [6.45, 7) is 17.9. The Balaban J connectivity index is 3.22. The Labute approximate surface area is 106 Å². The number of aromatic amines is 1. The highest BCUT2D eigenvalue weighted by atomic mass is 15.0. The van der Waals surface area contributed by atoms with E-state index >= 15 is 0 Å². The summed E-state index contributed by atoms with van der Waals surface area (Å²) >= 11 is 0. The second-order valence-corrected chi connectivity index (χ2v) is 6.82. The summed E-state index contributed by atoms with van der Waals surface area (Å²) in [5.74, 6) is 2.74.